The van der Waals surface area contributed by atoms with Crippen LogP contribution in [0.15, 0.2) is 48.1 Å². The van der Waals surface area contributed by atoms with Gasteiger partial charge in [0.25, 0.3) is 0 Å². The molecule has 0 saturated carbocycles. The van der Waals surface area contributed by atoms with Crippen LogP contribution in [0.4, 0.5) is 0 Å². The van der Waals surface area contributed by atoms with Crippen molar-refractivity contribution in [2.24, 2.45) is 10.9 Å². The van der Waals surface area contributed by atoms with Gasteiger partial charge >= 0.3 is 0 Å². The largest absolute Gasteiger partial charge is 0.409 e. The van der Waals surface area contributed by atoms with E-state index in [2.05, 4.69) is 15.2 Å². The lowest BCUT2D eigenvalue weighted by Gasteiger charge is -2.16. The Labute approximate surface area is 98.4 Å². The molecule has 1 aromatic carbocycles. The second-order valence-electron chi connectivity index (χ2n) is 3.60. The van der Waals surface area contributed by atoms with Crippen molar-refractivity contribution in [1.82, 2.24) is 14.8 Å². The number of hydrogen-bond donors (Lipinski definition) is 2. The van der Waals surface area contributed by atoms with Gasteiger partial charge in [-0.1, -0.05) is 35.5 Å². The van der Waals surface area contributed by atoms with Crippen LogP contribution in [0.1, 0.15) is 18.0 Å². The number of amidine groups is 1. The molecular formula is C11H13N5O. The minimum Gasteiger partial charge on any atom is -0.409 e. The van der Waals surface area contributed by atoms with Crippen molar-refractivity contribution in [2.75, 3.05) is 0 Å². The molecule has 0 radical (unpaired) electrons. The van der Waals surface area contributed by atoms with Crippen LogP contribution in [0.5, 0.6) is 0 Å². The molecule has 3 N–H and O–H groups in total. The van der Waals surface area contributed by atoms with E-state index in [0.29, 0.717) is 6.42 Å². The van der Waals surface area contributed by atoms with Gasteiger partial charge in [-0.25, -0.2) is 9.67 Å². The van der Waals surface area contributed by atoms with Gasteiger partial charge in [0.1, 0.15) is 18.5 Å². The van der Waals surface area contributed by atoms with E-state index >= 15 is 0 Å². The second kappa shape index (κ2) is 5.11. The molecule has 0 amide bonds. The molecule has 0 aliphatic rings. The quantitative estimate of drug-likeness (QED) is 0.355. The van der Waals surface area contributed by atoms with Crippen molar-refractivity contribution in [1.29, 1.82) is 0 Å². The summed E-state index contributed by atoms with van der Waals surface area (Å²) in [6, 6.07) is 9.63. The molecular weight excluding hydrogens is 218 g/mol. The molecule has 1 heterocycles. The van der Waals surface area contributed by atoms with E-state index in [0.717, 1.165) is 5.56 Å². The predicted octanol–water partition coefficient (Wildman–Crippen LogP) is 1.00. The second-order valence-corrected chi connectivity index (χ2v) is 3.60. The standard InChI is InChI=1S/C11H13N5O/c12-11(15-17)6-10(16-8-13-7-14-16)9-4-2-1-3-5-9/h1-5,7-8,10,17H,6H2,(H2,12,15). The zero-order valence-corrected chi connectivity index (χ0v) is 9.14. The Hall–Kier alpha value is -2.37. The third-order valence-electron chi connectivity index (χ3n) is 2.47. The van der Waals surface area contributed by atoms with Gasteiger partial charge in [0, 0.05) is 6.42 Å². The Morgan fingerprint density at radius 2 is 2.18 bits per heavy atom. The number of aromatic nitrogens is 3. The molecule has 2 rings (SSSR count). The Morgan fingerprint density at radius 1 is 1.41 bits per heavy atom. The van der Waals surface area contributed by atoms with Crippen LogP contribution in [-0.2, 0) is 0 Å². The van der Waals surface area contributed by atoms with Gasteiger partial charge in [-0.2, -0.15) is 5.10 Å². The van der Waals surface area contributed by atoms with Gasteiger partial charge in [0.2, 0.25) is 0 Å². The summed E-state index contributed by atoms with van der Waals surface area (Å²) in [5.41, 5.74) is 6.59. The van der Waals surface area contributed by atoms with Crippen LogP contribution in [-0.4, -0.2) is 25.8 Å². The topological polar surface area (TPSA) is 89.3 Å². The van der Waals surface area contributed by atoms with Crippen LogP contribution in [0, 0.1) is 0 Å². The summed E-state index contributed by atoms with van der Waals surface area (Å²) in [7, 11) is 0. The van der Waals surface area contributed by atoms with Crippen molar-refractivity contribution < 1.29 is 5.21 Å². The van der Waals surface area contributed by atoms with Crippen LogP contribution >= 0.6 is 0 Å². The van der Waals surface area contributed by atoms with Crippen LogP contribution < -0.4 is 5.73 Å². The molecule has 0 aliphatic heterocycles. The number of benzene rings is 1. The molecule has 0 aliphatic carbocycles. The SMILES string of the molecule is N/C(CC(c1ccccc1)n1cncn1)=N\O. The molecule has 0 spiro atoms. The maximum Gasteiger partial charge on any atom is 0.141 e. The summed E-state index contributed by atoms with van der Waals surface area (Å²) in [6.45, 7) is 0. The highest BCUT2D eigenvalue weighted by Crippen LogP contribution is 2.20. The van der Waals surface area contributed by atoms with Crippen molar-refractivity contribution >= 4 is 5.84 Å². The van der Waals surface area contributed by atoms with E-state index in [1.165, 1.54) is 6.33 Å². The molecule has 1 unspecified atom stereocenters. The lowest BCUT2D eigenvalue weighted by Crippen LogP contribution is -2.21. The van der Waals surface area contributed by atoms with Gasteiger partial charge in [-0.05, 0) is 5.56 Å². The van der Waals surface area contributed by atoms with E-state index in [9.17, 15) is 0 Å². The molecule has 0 bridgehead atoms. The van der Waals surface area contributed by atoms with Crippen molar-refractivity contribution in [3.8, 4) is 0 Å². The third kappa shape index (κ3) is 2.60. The number of nitrogens with two attached hydrogens (primary N) is 1. The van der Waals surface area contributed by atoms with Gasteiger partial charge in [0.05, 0.1) is 6.04 Å². The lowest BCUT2D eigenvalue weighted by molar-refractivity contribution is 0.315. The van der Waals surface area contributed by atoms with Crippen molar-refractivity contribution in [3.05, 3.63) is 48.5 Å². The number of rotatable bonds is 4. The molecule has 2 aromatic rings. The monoisotopic (exact) mass is 231 g/mol. The number of oxime groups is 1. The van der Waals surface area contributed by atoms with E-state index in [4.69, 9.17) is 10.9 Å². The first kappa shape index (κ1) is 11.1. The van der Waals surface area contributed by atoms with Crippen molar-refractivity contribution in [2.45, 2.75) is 12.5 Å². The van der Waals surface area contributed by atoms with Crippen LogP contribution in [0.25, 0.3) is 0 Å². The van der Waals surface area contributed by atoms with Gasteiger partial charge in [-0.3, -0.25) is 0 Å². The predicted molar refractivity (Wildman–Crippen MR) is 62.6 cm³/mol. The van der Waals surface area contributed by atoms with Gasteiger partial charge in [-0.15, -0.1) is 0 Å². The molecule has 17 heavy (non-hydrogen) atoms. The Kier molecular flexibility index (Phi) is 3.34. The highest BCUT2D eigenvalue weighted by Gasteiger charge is 2.16. The summed E-state index contributed by atoms with van der Waals surface area (Å²) in [6.07, 6.45) is 3.45. The molecule has 1 aromatic heterocycles. The minimum atomic E-state index is -0.116. The van der Waals surface area contributed by atoms with Crippen LogP contribution in [0.2, 0.25) is 0 Å². The molecule has 0 saturated heterocycles. The summed E-state index contributed by atoms with van der Waals surface area (Å²) >= 11 is 0. The third-order valence-corrected chi connectivity index (χ3v) is 2.47. The minimum absolute atomic E-state index is 0.116. The molecule has 6 nitrogen and oxygen atoms in total. The normalized spacial score (nSPS) is 13.5. The maximum absolute atomic E-state index is 8.65. The summed E-state index contributed by atoms with van der Waals surface area (Å²) in [4.78, 5) is 3.91. The number of nitrogens with zero attached hydrogens (tertiary/aromatic N) is 4. The first-order valence-electron chi connectivity index (χ1n) is 5.16. The van der Waals surface area contributed by atoms with Gasteiger partial charge in [0.15, 0.2) is 0 Å². The molecule has 88 valence electrons. The zero-order chi connectivity index (χ0) is 12.1. The summed E-state index contributed by atoms with van der Waals surface area (Å²) < 4.78 is 1.69. The average Bonchev–Trinajstić information content (AvgIpc) is 2.90. The summed E-state index contributed by atoms with van der Waals surface area (Å²) in [5.74, 6) is 0.161. The Morgan fingerprint density at radius 3 is 2.76 bits per heavy atom. The average molecular weight is 231 g/mol. The van der Waals surface area contributed by atoms with Gasteiger partial charge < -0.3 is 10.9 Å². The molecule has 6 heteroatoms. The Balaban J connectivity index is 2.31. The maximum atomic E-state index is 8.65. The molecule has 0 fully saturated rings. The van der Waals surface area contributed by atoms with E-state index < -0.39 is 0 Å². The lowest BCUT2D eigenvalue weighted by atomic mass is 10.0. The first-order chi connectivity index (χ1) is 8.31. The van der Waals surface area contributed by atoms with E-state index in [1.807, 2.05) is 30.3 Å². The summed E-state index contributed by atoms with van der Waals surface area (Å²) in [5, 5.41) is 15.7. The highest BCUT2D eigenvalue weighted by molar-refractivity contribution is 5.80. The first-order valence-corrected chi connectivity index (χ1v) is 5.16. The number of hydrogen-bond acceptors (Lipinski definition) is 4. The fraction of sp³-hybridized carbons (Fsp3) is 0.182. The highest BCUT2D eigenvalue weighted by atomic mass is 16.4. The molecule has 1 atom stereocenters. The fourth-order valence-electron chi connectivity index (χ4n) is 1.66. The smallest absolute Gasteiger partial charge is 0.141 e. The Bertz CT molecular complexity index is 480. The van der Waals surface area contributed by atoms with E-state index in [1.54, 1.807) is 11.0 Å². The zero-order valence-electron chi connectivity index (χ0n) is 9.14. The fourth-order valence-corrected chi connectivity index (χ4v) is 1.66. The van der Waals surface area contributed by atoms with Crippen molar-refractivity contribution in [3.63, 3.8) is 0 Å². The van der Waals surface area contributed by atoms with Crippen LogP contribution in [0.3, 0.4) is 0 Å². The van der Waals surface area contributed by atoms with E-state index in [-0.39, 0.29) is 11.9 Å².